The molecule has 0 aliphatic heterocycles. The second-order valence-electron chi connectivity index (χ2n) is 6.79. The number of aromatic amines is 1. The molecule has 1 aromatic heterocycles. The third kappa shape index (κ3) is 9.75. The number of aryl methyl sites for hydroxylation is 1. The molecular formula is C25H36N4OS. The fourth-order valence-electron chi connectivity index (χ4n) is 2.79. The molecule has 0 unspecified atom stereocenters. The van der Waals surface area contributed by atoms with E-state index in [0.717, 1.165) is 36.3 Å². The molecule has 3 aromatic rings. The van der Waals surface area contributed by atoms with E-state index in [2.05, 4.69) is 29.4 Å². The highest BCUT2D eigenvalue weighted by molar-refractivity contribution is 7.71. The number of aromatic nitrogens is 3. The summed E-state index contributed by atoms with van der Waals surface area (Å²) in [5, 5.41) is 10.1. The molecule has 2 N–H and O–H groups in total. The molecule has 0 bridgehead atoms. The highest BCUT2D eigenvalue weighted by Crippen LogP contribution is 2.13. The maximum Gasteiger partial charge on any atom is 0.220 e. The molecule has 168 valence electrons. The van der Waals surface area contributed by atoms with Gasteiger partial charge in [-0.3, -0.25) is 14.5 Å². The number of hydrogen-bond donors (Lipinski definition) is 2. The predicted octanol–water partition coefficient (Wildman–Crippen LogP) is 6.40. The van der Waals surface area contributed by atoms with Crippen LogP contribution in [0.2, 0.25) is 0 Å². The molecule has 0 fully saturated rings. The number of carbonyl (C=O) groups excluding carboxylic acids is 1. The van der Waals surface area contributed by atoms with Crippen LogP contribution in [-0.4, -0.2) is 20.7 Å². The summed E-state index contributed by atoms with van der Waals surface area (Å²) in [6, 6.07) is 19.9. The zero-order valence-corrected chi connectivity index (χ0v) is 20.0. The van der Waals surface area contributed by atoms with Crippen molar-refractivity contribution < 1.29 is 4.79 Å². The Kier molecular flexibility index (Phi) is 13.6. The van der Waals surface area contributed by atoms with Gasteiger partial charge in [-0.2, -0.15) is 5.10 Å². The van der Waals surface area contributed by atoms with E-state index in [1.165, 1.54) is 6.42 Å². The van der Waals surface area contributed by atoms with Gasteiger partial charge in [0.25, 0.3) is 0 Å². The molecule has 2 aromatic carbocycles. The van der Waals surface area contributed by atoms with Gasteiger partial charge >= 0.3 is 0 Å². The Morgan fingerprint density at radius 3 is 2.19 bits per heavy atom. The lowest BCUT2D eigenvalue weighted by Gasteiger charge is -2.07. The van der Waals surface area contributed by atoms with E-state index in [1.54, 1.807) is 0 Å². The Morgan fingerprint density at radius 1 is 1.00 bits per heavy atom. The van der Waals surface area contributed by atoms with E-state index in [1.807, 2.05) is 79.1 Å². The lowest BCUT2D eigenvalue weighted by molar-refractivity contribution is -0.121. The third-order valence-corrected chi connectivity index (χ3v) is 4.42. The van der Waals surface area contributed by atoms with Crippen molar-refractivity contribution in [3.63, 3.8) is 0 Å². The first-order chi connectivity index (χ1) is 15.2. The molecule has 6 heteroatoms. The van der Waals surface area contributed by atoms with Crippen molar-refractivity contribution in [1.82, 2.24) is 20.1 Å². The number of amides is 1. The first kappa shape index (κ1) is 26.3. The van der Waals surface area contributed by atoms with Gasteiger partial charge in [-0.25, -0.2) is 0 Å². The lowest BCUT2D eigenvalue weighted by Crippen LogP contribution is -2.22. The first-order valence-electron chi connectivity index (χ1n) is 11.2. The molecule has 0 aliphatic rings. The average molecular weight is 441 g/mol. The Labute approximate surface area is 191 Å². The quantitative estimate of drug-likeness (QED) is 0.315. The molecule has 5 nitrogen and oxygen atoms in total. The highest BCUT2D eigenvalue weighted by atomic mass is 32.1. The van der Waals surface area contributed by atoms with Crippen LogP contribution in [0.15, 0.2) is 60.7 Å². The second kappa shape index (κ2) is 16.0. The minimum Gasteiger partial charge on any atom is -0.352 e. The van der Waals surface area contributed by atoms with Crippen LogP contribution in [0.5, 0.6) is 0 Å². The average Bonchev–Trinajstić information content (AvgIpc) is 3.18. The smallest absolute Gasteiger partial charge is 0.220 e. The largest absolute Gasteiger partial charge is 0.352 e. The molecule has 0 radical (unpaired) electrons. The summed E-state index contributed by atoms with van der Waals surface area (Å²) in [5.41, 5.74) is 2.11. The van der Waals surface area contributed by atoms with Crippen molar-refractivity contribution in [3.8, 4) is 5.69 Å². The maximum absolute atomic E-state index is 12.0. The normalized spacial score (nSPS) is 9.68. The van der Waals surface area contributed by atoms with E-state index in [0.29, 0.717) is 17.7 Å². The molecule has 0 saturated heterocycles. The summed E-state index contributed by atoms with van der Waals surface area (Å²) in [7, 11) is 0. The fraction of sp³-hybridized carbons (Fsp3) is 0.400. The Hall–Kier alpha value is -2.73. The lowest BCUT2D eigenvalue weighted by atomic mass is 10.1. The summed E-state index contributed by atoms with van der Waals surface area (Å²) < 4.78 is 2.54. The number of nitrogens with one attached hydrogen (secondary N) is 2. The van der Waals surface area contributed by atoms with Crippen LogP contribution in [0, 0.1) is 4.77 Å². The molecule has 0 aliphatic carbocycles. The third-order valence-electron chi connectivity index (χ3n) is 4.14. The van der Waals surface area contributed by atoms with Gasteiger partial charge in [-0.1, -0.05) is 82.6 Å². The van der Waals surface area contributed by atoms with Gasteiger partial charge in [0.15, 0.2) is 4.77 Å². The topological polar surface area (TPSA) is 62.7 Å². The minimum absolute atomic E-state index is 0.0794. The van der Waals surface area contributed by atoms with E-state index in [-0.39, 0.29) is 5.91 Å². The number of benzene rings is 2. The van der Waals surface area contributed by atoms with Gasteiger partial charge in [0.05, 0.1) is 0 Å². The molecule has 1 heterocycles. The van der Waals surface area contributed by atoms with Gasteiger partial charge in [-0.15, -0.1) is 0 Å². The molecule has 0 atom stereocenters. The summed E-state index contributed by atoms with van der Waals surface area (Å²) in [6.07, 6.45) is 4.23. The number of H-pyrrole nitrogens is 1. The standard InChI is InChI=1S/C20H22N4OS.C3H8.C2H6/c25-19(21-15-16-9-3-1-4-10-16)14-8-7-13-18-22-23-20(26)24(18)17-11-5-2-6-12-17;1-3-2;1-2/h1-6,9-12H,7-8,13-15H2,(H,21,25)(H,23,26);3H2,1-2H3;1-2H3. The summed E-state index contributed by atoms with van der Waals surface area (Å²) in [5.74, 6) is 0.974. The molecule has 0 saturated carbocycles. The van der Waals surface area contributed by atoms with Crippen LogP contribution in [0.1, 0.15) is 64.8 Å². The number of para-hydroxylation sites is 1. The Balaban J connectivity index is 0.000000884. The number of unbranched alkanes of at least 4 members (excludes halogenated alkanes) is 1. The number of nitrogens with zero attached hydrogens (tertiary/aromatic N) is 2. The molecule has 3 rings (SSSR count). The summed E-state index contributed by atoms with van der Waals surface area (Å²) >= 11 is 5.34. The fourth-order valence-corrected chi connectivity index (χ4v) is 3.05. The molecule has 31 heavy (non-hydrogen) atoms. The van der Waals surface area contributed by atoms with E-state index in [4.69, 9.17) is 12.2 Å². The van der Waals surface area contributed by atoms with Gasteiger partial charge in [0.2, 0.25) is 5.91 Å². The molecule has 0 spiro atoms. The molecular weight excluding hydrogens is 404 g/mol. The Morgan fingerprint density at radius 2 is 1.58 bits per heavy atom. The van der Waals surface area contributed by atoms with Crippen molar-refractivity contribution >= 4 is 18.1 Å². The summed E-state index contributed by atoms with van der Waals surface area (Å²) in [4.78, 5) is 12.0. The van der Waals surface area contributed by atoms with Crippen molar-refractivity contribution in [1.29, 1.82) is 0 Å². The number of carbonyl (C=O) groups is 1. The van der Waals surface area contributed by atoms with Gasteiger partial charge in [-0.05, 0) is 42.8 Å². The first-order valence-corrected chi connectivity index (χ1v) is 11.6. The van der Waals surface area contributed by atoms with Crippen molar-refractivity contribution in [2.75, 3.05) is 0 Å². The van der Waals surface area contributed by atoms with Crippen LogP contribution < -0.4 is 5.32 Å². The minimum atomic E-state index is 0.0794. The van der Waals surface area contributed by atoms with E-state index < -0.39 is 0 Å². The summed E-state index contributed by atoms with van der Waals surface area (Å²) in [6.45, 7) is 8.83. The predicted molar refractivity (Wildman–Crippen MR) is 132 cm³/mol. The van der Waals surface area contributed by atoms with E-state index >= 15 is 0 Å². The van der Waals surface area contributed by atoms with Crippen LogP contribution in [0.3, 0.4) is 0 Å². The second-order valence-corrected chi connectivity index (χ2v) is 7.18. The highest BCUT2D eigenvalue weighted by Gasteiger charge is 2.08. The van der Waals surface area contributed by atoms with Crippen LogP contribution in [0.25, 0.3) is 5.69 Å². The van der Waals surface area contributed by atoms with Crippen LogP contribution >= 0.6 is 12.2 Å². The SMILES string of the molecule is CC.CCC.O=C(CCCCc1n[nH]c(=S)n1-c1ccccc1)NCc1ccccc1. The number of hydrogen-bond acceptors (Lipinski definition) is 3. The van der Waals surface area contributed by atoms with Gasteiger partial charge < -0.3 is 5.32 Å². The zero-order valence-electron chi connectivity index (χ0n) is 19.2. The van der Waals surface area contributed by atoms with Crippen molar-refractivity contribution in [3.05, 3.63) is 76.8 Å². The van der Waals surface area contributed by atoms with Crippen molar-refractivity contribution in [2.45, 2.75) is 66.3 Å². The van der Waals surface area contributed by atoms with Crippen LogP contribution in [-0.2, 0) is 17.8 Å². The zero-order chi connectivity index (χ0) is 22.9. The maximum atomic E-state index is 12.0. The van der Waals surface area contributed by atoms with Gasteiger partial charge in [0, 0.05) is 25.1 Å². The molecule has 1 amide bonds. The van der Waals surface area contributed by atoms with Gasteiger partial charge in [0.1, 0.15) is 5.82 Å². The Bertz CT molecular complexity index is 904. The van der Waals surface area contributed by atoms with E-state index in [9.17, 15) is 4.79 Å². The van der Waals surface area contributed by atoms with Crippen LogP contribution in [0.4, 0.5) is 0 Å². The van der Waals surface area contributed by atoms with Crippen molar-refractivity contribution in [2.24, 2.45) is 0 Å². The number of rotatable bonds is 8. The monoisotopic (exact) mass is 440 g/mol.